The van der Waals surface area contributed by atoms with Crippen LogP contribution in [0, 0.1) is 5.92 Å². The van der Waals surface area contributed by atoms with Gasteiger partial charge in [0.2, 0.25) is 11.8 Å². The molecule has 2 aromatic rings. The number of benzene rings is 2. The molecule has 2 amide bonds. The number of carbonyl (C=O) groups excluding carboxylic acids is 2. The van der Waals surface area contributed by atoms with E-state index in [4.69, 9.17) is 5.11 Å². The average Bonchev–Trinajstić information content (AvgIpc) is 2.73. The topological polar surface area (TPSA) is 86.7 Å². The quantitative estimate of drug-likeness (QED) is 0.806. The lowest BCUT2D eigenvalue weighted by Crippen LogP contribution is -2.43. The fraction of sp³-hybridized carbons (Fsp3) is 0.318. The maximum atomic E-state index is 12.5. The molecular weight excluding hydrogens is 356 g/mol. The summed E-state index contributed by atoms with van der Waals surface area (Å²) in [7, 11) is 0. The monoisotopic (exact) mass is 380 g/mol. The minimum absolute atomic E-state index is 0.00576. The molecule has 2 N–H and O–H groups in total. The zero-order chi connectivity index (χ0) is 19.9. The van der Waals surface area contributed by atoms with Gasteiger partial charge in [-0.25, -0.2) is 4.79 Å². The second kappa shape index (κ2) is 9.17. The standard InChI is InChI=1S/C22H24N2O4/c25-20(14-16-6-8-19(9-7-16)22(27)28)24-12-10-18(11-13-24)21(26)23-15-17-4-2-1-3-5-17/h1-9,18H,10-15H2,(H,23,26)(H,27,28). The van der Waals surface area contributed by atoms with Crippen molar-refractivity contribution in [1.82, 2.24) is 10.2 Å². The highest BCUT2D eigenvalue weighted by molar-refractivity contribution is 5.88. The minimum Gasteiger partial charge on any atom is -0.478 e. The normalized spacial score (nSPS) is 14.5. The van der Waals surface area contributed by atoms with Gasteiger partial charge in [0.05, 0.1) is 12.0 Å². The summed E-state index contributed by atoms with van der Waals surface area (Å²) in [6.07, 6.45) is 1.55. The number of nitrogens with zero attached hydrogens (tertiary/aromatic N) is 1. The van der Waals surface area contributed by atoms with Gasteiger partial charge in [-0.15, -0.1) is 0 Å². The van der Waals surface area contributed by atoms with E-state index in [0.717, 1.165) is 11.1 Å². The number of piperidine rings is 1. The van der Waals surface area contributed by atoms with Crippen molar-refractivity contribution in [1.29, 1.82) is 0 Å². The summed E-state index contributed by atoms with van der Waals surface area (Å²) in [5.74, 6) is -1.00. The number of carbonyl (C=O) groups is 3. The number of carboxylic acid groups (broad SMARTS) is 1. The van der Waals surface area contributed by atoms with E-state index < -0.39 is 5.97 Å². The van der Waals surface area contributed by atoms with Crippen LogP contribution < -0.4 is 5.32 Å². The summed E-state index contributed by atoms with van der Waals surface area (Å²) in [6, 6.07) is 16.1. The molecule has 6 heteroatoms. The van der Waals surface area contributed by atoms with Gasteiger partial charge >= 0.3 is 5.97 Å². The smallest absolute Gasteiger partial charge is 0.335 e. The third-order valence-corrected chi connectivity index (χ3v) is 5.08. The lowest BCUT2D eigenvalue weighted by molar-refractivity contribution is -0.135. The fourth-order valence-corrected chi connectivity index (χ4v) is 3.37. The first kappa shape index (κ1) is 19.6. The van der Waals surface area contributed by atoms with Crippen molar-refractivity contribution in [3.63, 3.8) is 0 Å². The van der Waals surface area contributed by atoms with Crippen LogP contribution >= 0.6 is 0 Å². The Kier molecular flexibility index (Phi) is 6.42. The summed E-state index contributed by atoms with van der Waals surface area (Å²) in [4.78, 5) is 37.5. The molecule has 0 radical (unpaired) electrons. The third kappa shape index (κ3) is 5.19. The van der Waals surface area contributed by atoms with Crippen molar-refractivity contribution in [3.8, 4) is 0 Å². The van der Waals surface area contributed by atoms with Crippen molar-refractivity contribution in [2.45, 2.75) is 25.8 Å². The molecule has 6 nitrogen and oxygen atoms in total. The molecule has 1 fully saturated rings. The Morgan fingerprint density at radius 1 is 0.929 bits per heavy atom. The first-order valence-corrected chi connectivity index (χ1v) is 9.44. The van der Waals surface area contributed by atoms with Crippen LogP contribution in [0.3, 0.4) is 0 Å². The van der Waals surface area contributed by atoms with Gasteiger partial charge in [0.1, 0.15) is 0 Å². The molecule has 0 atom stereocenters. The number of hydrogen-bond donors (Lipinski definition) is 2. The molecule has 0 unspecified atom stereocenters. The van der Waals surface area contributed by atoms with Crippen molar-refractivity contribution >= 4 is 17.8 Å². The van der Waals surface area contributed by atoms with Crippen molar-refractivity contribution in [2.24, 2.45) is 5.92 Å². The summed E-state index contributed by atoms with van der Waals surface area (Å²) in [5.41, 5.74) is 2.06. The van der Waals surface area contributed by atoms with Crippen LogP contribution in [0.4, 0.5) is 0 Å². The Hall–Kier alpha value is -3.15. The number of likely N-dealkylation sites (tertiary alicyclic amines) is 1. The van der Waals surface area contributed by atoms with E-state index in [9.17, 15) is 14.4 Å². The molecule has 0 saturated carbocycles. The van der Waals surface area contributed by atoms with Crippen LogP contribution in [0.1, 0.15) is 34.3 Å². The molecule has 0 aromatic heterocycles. The zero-order valence-electron chi connectivity index (χ0n) is 15.6. The van der Waals surface area contributed by atoms with Gasteiger partial charge in [0.15, 0.2) is 0 Å². The number of rotatable bonds is 6. The third-order valence-electron chi connectivity index (χ3n) is 5.08. The van der Waals surface area contributed by atoms with E-state index in [0.29, 0.717) is 32.5 Å². The highest BCUT2D eigenvalue weighted by atomic mass is 16.4. The Morgan fingerprint density at radius 3 is 2.18 bits per heavy atom. The van der Waals surface area contributed by atoms with Crippen molar-refractivity contribution < 1.29 is 19.5 Å². The number of nitrogens with one attached hydrogen (secondary N) is 1. The Bertz CT molecular complexity index is 825. The van der Waals surface area contributed by atoms with Crippen LogP contribution in [0.25, 0.3) is 0 Å². The largest absolute Gasteiger partial charge is 0.478 e. The molecular formula is C22H24N2O4. The first-order valence-electron chi connectivity index (χ1n) is 9.44. The minimum atomic E-state index is -0.981. The highest BCUT2D eigenvalue weighted by Gasteiger charge is 2.27. The number of aromatic carboxylic acids is 1. The van der Waals surface area contributed by atoms with Gasteiger partial charge < -0.3 is 15.3 Å². The van der Waals surface area contributed by atoms with Gasteiger partial charge in [-0.2, -0.15) is 0 Å². The molecule has 1 heterocycles. The zero-order valence-corrected chi connectivity index (χ0v) is 15.6. The molecule has 0 spiro atoms. The summed E-state index contributed by atoms with van der Waals surface area (Å²) in [5, 5.41) is 11.9. The van der Waals surface area contributed by atoms with Crippen LogP contribution in [-0.4, -0.2) is 40.9 Å². The maximum Gasteiger partial charge on any atom is 0.335 e. The van der Waals surface area contributed by atoms with Crippen LogP contribution in [0.2, 0.25) is 0 Å². The second-order valence-electron chi connectivity index (χ2n) is 7.04. The number of hydrogen-bond acceptors (Lipinski definition) is 3. The van der Waals surface area contributed by atoms with E-state index in [1.807, 2.05) is 30.3 Å². The average molecular weight is 380 g/mol. The number of carboxylic acids is 1. The molecule has 0 bridgehead atoms. The summed E-state index contributed by atoms with van der Waals surface area (Å²) < 4.78 is 0. The Morgan fingerprint density at radius 2 is 1.57 bits per heavy atom. The van der Waals surface area contributed by atoms with Gasteiger partial charge in [0, 0.05) is 25.6 Å². The van der Waals surface area contributed by atoms with Crippen LogP contribution in [0.5, 0.6) is 0 Å². The van der Waals surface area contributed by atoms with Crippen LogP contribution in [-0.2, 0) is 22.6 Å². The van der Waals surface area contributed by atoms with Crippen LogP contribution in [0.15, 0.2) is 54.6 Å². The van der Waals surface area contributed by atoms with Gasteiger partial charge in [-0.3, -0.25) is 9.59 Å². The molecule has 2 aromatic carbocycles. The molecule has 146 valence electrons. The summed E-state index contributed by atoms with van der Waals surface area (Å²) >= 11 is 0. The summed E-state index contributed by atoms with van der Waals surface area (Å²) in [6.45, 7) is 1.65. The van der Waals surface area contributed by atoms with Gasteiger partial charge in [-0.1, -0.05) is 42.5 Å². The molecule has 28 heavy (non-hydrogen) atoms. The Balaban J connectivity index is 1.44. The van der Waals surface area contributed by atoms with Gasteiger partial charge in [0.25, 0.3) is 0 Å². The Labute approximate surface area is 164 Å². The predicted molar refractivity (Wildman–Crippen MR) is 105 cm³/mol. The van der Waals surface area contributed by atoms with Crippen molar-refractivity contribution in [3.05, 3.63) is 71.3 Å². The van der Waals surface area contributed by atoms with E-state index in [1.54, 1.807) is 17.0 Å². The lowest BCUT2D eigenvalue weighted by atomic mass is 9.95. The lowest BCUT2D eigenvalue weighted by Gasteiger charge is -2.31. The first-order chi connectivity index (χ1) is 13.5. The van der Waals surface area contributed by atoms with E-state index in [1.165, 1.54) is 12.1 Å². The molecule has 1 aliphatic heterocycles. The highest BCUT2D eigenvalue weighted by Crippen LogP contribution is 2.19. The van der Waals surface area contributed by atoms with Gasteiger partial charge in [-0.05, 0) is 36.1 Å². The van der Waals surface area contributed by atoms with E-state index >= 15 is 0 Å². The number of amides is 2. The predicted octanol–water partition coefficient (Wildman–Crippen LogP) is 2.48. The van der Waals surface area contributed by atoms with Crippen molar-refractivity contribution in [2.75, 3.05) is 13.1 Å². The SMILES string of the molecule is O=C(O)c1ccc(CC(=O)N2CCC(C(=O)NCc3ccccc3)CC2)cc1. The fourth-order valence-electron chi connectivity index (χ4n) is 3.37. The maximum absolute atomic E-state index is 12.5. The van der Waals surface area contributed by atoms with E-state index in [-0.39, 0.29) is 29.7 Å². The second-order valence-corrected chi connectivity index (χ2v) is 7.04. The molecule has 1 aliphatic rings. The molecule has 3 rings (SSSR count). The van der Waals surface area contributed by atoms with E-state index in [2.05, 4.69) is 5.32 Å². The molecule has 1 saturated heterocycles. The molecule has 0 aliphatic carbocycles.